The van der Waals surface area contributed by atoms with Gasteiger partial charge in [0.15, 0.2) is 5.78 Å². The van der Waals surface area contributed by atoms with E-state index in [0.717, 1.165) is 29.6 Å². The highest BCUT2D eigenvalue weighted by atomic mass is 16.5. The third-order valence-electron chi connectivity index (χ3n) is 2.99. The molecule has 0 saturated carbocycles. The first kappa shape index (κ1) is 21.2. The Hall–Kier alpha value is -1.81. The first-order chi connectivity index (χ1) is 11.1. The maximum atomic E-state index is 11.3. The highest BCUT2D eigenvalue weighted by molar-refractivity contribution is 5.98. The lowest BCUT2D eigenvalue weighted by atomic mass is 10.2. The summed E-state index contributed by atoms with van der Waals surface area (Å²) in [6, 6.07) is 7.71. The molecule has 0 aliphatic carbocycles. The van der Waals surface area contributed by atoms with Gasteiger partial charge in [-0.15, -0.1) is 0 Å². The Bertz CT molecular complexity index is 574. The summed E-state index contributed by atoms with van der Waals surface area (Å²) in [5.74, 6) is 0.894. The van der Waals surface area contributed by atoms with E-state index in [1.807, 2.05) is 52.0 Å². The summed E-state index contributed by atoms with van der Waals surface area (Å²) in [4.78, 5) is 16.5. The maximum Gasteiger partial charge on any atom is 0.175 e. The molecule has 0 aliphatic rings. The minimum Gasteiger partial charge on any atom is -0.494 e. The number of benzene rings is 1. The lowest BCUT2D eigenvalue weighted by Gasteiger charge is -2.10. The minimum atomic E-state index is 0.0460. The molecule has 0 saturated heterocycles. The van der Waals surface area contributed by atoms with Gasteiger partial charge in [0.25, 0.3) is 0 Å². The van der Waals surface area contributed by atoms with E-state index >= 15 is 0 Å². The Balaban J connectivity index is 0.00000112. The number of ether oxygens (including phenoxy) is 1. The molecule has 1 aromatic carbocycles. The van der Waals surface area contributed by atoms with E-state index in [4.69, 9.17) is 4.74 Å². The monoisotopic (exact) mass is 320 g/mol. The molecule has 4 nitrogen and oxygen atoms in total. The van der Waals surface area contributed by atoms with Crippen LogP contribution < -0.4 is 4.74 Å². The second kappa shape index (κ2) is 11.7. The first-order valence-corrected chi connectivity index (χ1v) is 8.47. The van der Waals surface area contributed by atoms with Crippen molar-refractivity contribution in [1.82, 2.24) is 9.88 Å². The van der Waals surface area contributed by atoms with Crippen molar-refractivity contribution in [3.63, 3.8) is 0 Å². The van der Waals surface area contributed by atoms with Crippen LogP contribution in [0.15, 0.2) is 24.3 Å². The summed E-state index contributed by atoms with van der Waals surface area (Å²) in [5.41, 5.74) is 1.60. The summed E-state index contributed by atoms with van der Waals surface area (Å²) in [7, 11) is 4.10. The molecule has 1 N–H and O–H groups in total. The molecule has 130 valence electrons. The summed E-state index contributed by atoms with van der Waals surface area (Å²) in [5, 5.41) is 1.01. The molecule has 0 aliphatic heterocycles. The van der Waals surface area contributed by atoms with E-state index in [-0.39, 0.29) is 5.78 Å². The fraction of sp³-hybridized carbons (Fsp3) is 0.526. The van der Waals surface area contributed by atoms with Crippen LogP contribution in [-0.4, -0.2) is 42.9 Å². The largest absolute Gasteiger partial charge is 0.494 e. The van der Waals surface area contributed by atoms with E-state index in [1.54, 1.807) is 6.92 Å². The molecular weight excluding hydrogens is 288 g/mol. The van der Waals surface area contributed by atoms with Crippen molar-refractivity contribution in [2.24, 2.45) is 0 Å². The van der Waals surface area contributed by atoms with Gasteiger partial charge < -0.3 is 14.6 Å². The number of aromatic amines is 1. The standard InChI is InChI=1S/C15H20N2O2.2C2H6/c1-11(18)15-10-12-9-13(5-6-14(12)16-15)19-8-4-7-17(2)3;2*1-2/h5-6,9-10,16H,4,7-8H2,1-3H3;2*1-2H3. The number of hydrogen-bond donors (Lipinski definition) is 1. The van der Waals surface area contributed by atoms with Crippen LogP contribution in [-0.2, 0) is 0 Å². The summed E-state index contributed by atoms with van der Waals surface area (Å²) < 4.78 is 5.71. The predicted molar refractivity (Wildman–Crippen MR) is 99.7 cm³/mol. The topological polar surface area (TPSA) is 45.3 Å². The SMILES string of the molecule is CC.CC.CC(=O)c1cc2cc(OCCCN(C)C)ccc2[nH]1. The predicted octanol–water partition coefficient (Wildman–Crippen LogP) is 4.75. The number of fused-ring (bicyclic) bond motifs is 1. The smallest absolute Gasteiger partial charge is 0.175 e. The average molecular weight is 320 g/mol. The van der Waals surface area contributed by atoms with Crippen molar-refractivity contribution in [3.8, 4) is 5.75 Å². The average Bonchev–Trinajstić information content (AvgIpc) is 2.99. The van der Waals surface area contributed by atoms with Gasteiger partial charge in [0, 0.05) is 24.4 Å². The van der Waals surface area contributed by atoms with E-state index in [1.165, 1.54) is 0 Å². The number of rotatable bonds is 6. The lowest BCUT2D eigenvalue weighted by Crippen LogP contribution is -2.15. The van der Waals surface area contributed by atoms with Crippen molar-refractivity contribution in [2.45, 2.75) is 41.0 Å². The molecule has 0 atom stereocenters. The summed E-state index contributed by atoms with van der Waals surface area (Å²) in [6.07, 6.45) is 0.997. The third kappa shape index (κ3) is 7.33. The van der Waals surface area contributed by atoms with Crippen LogP contribution in [0.3, 0.4) is 0 Å². The molecule has 0 bridgehead atoms. The quantitative estimate of drug-likeness (QED) is 0.617. The zero-order valence-corrected chi connectivity index (χ0v) is 15.7. The molecule has 0 fully saturated rings. The molecular formula is C19H32N2O2. The zero-order valence-electron chi connectivity index (χ0n) is 15.7. The molecule has 0 radical (unpaired) electrons. The van der Waals surface area contributed by atoms with Crippen molar-refractivity contribution in [3.05, 3.63) is 30.0 Å². The number of H-pyrrole nitrogens is 1. The van der Waals surface area contributed by atoms with E-state index in [0.29, 0.717) is 12.3 Å². The normalized spacial score (nSPS) is 9.74. The number of carbonyl (C=O) groups is 1. The van der Waals surface area contributed by atoms with Gasteiger partial charge in [0.1, 0.15) is 5.75 Å². The second-order valence-electron chi connectivity index (χ2n) is 4.99. The lowest BCUT2D eigenvalue weighted by molar-refractivity contribution is 0.101. The van der Waals surface area contributed by atoms with Gasteiger partial charge >= 0.3 is 0 Å². The van der Waals surface area contributed by atoms with Crippen LogP contribution in [0.2, 0.25) is 0 Å². The Morgan fingerprint density at radius 1 is 1.13 bits per heavy atom. The summed E-state index contributed by atoms with van der Waals surface area (Å²) in [6.45, 7) is 11.3. The molecule has 4 heteroatoms. The van der Waals surface area contributed by atoms with Crippen LogP contribution >= 0.6 is 0 Å². The zero-order chi connectivity index (χ0) is 17.8. The Morgan fingerprint density at radius 2 is 1.78 bits per heavy atom. The number of Topliss-reactive ketones (excluding diaryl/α,β-unsaturated/α-hetero) is 1. The van der Waals surface area contributed by atoms with Gasteiger partial charge in [-0.25, -0.2) is 0 Å². The number of nitrogens with one attached hydrogen (secondary N) is 1. The van der Waals surface area contributed by atoms with E-state index < -0.39 is 0 Å². The number of aromatic nitrogens is 1. The Morgan fingerprint density at radius 3 is 2.35 bits per heavy atom. The van der Waals surface area contributed by atoms with Gasteiger partial charge in [-0.2, -0.15) is 0 Å². The Labute approximate surface area is 140 Å². The molecule has 0 spiro atoms. The summed E-state index contributed by atoms with van der Waals surface area (Å²) >= 11 is 0. The van der Waals surface area contributed by atoms with Gasteiger partial charge in [-0.1, -0.05) is 27.7 Å². The van der Waals surface area contributed by atoms with Crippen molar-refractivity contribution in [1.29, 1.82) is 0 Å². The molecule has 1 aromatic heterocycles. The number of carbonyl (C=O) groups excluding carboxylic acids is 1. The molecule has 2 rings (SSSR count). The van der Waals surface area contributed by atoms with E-state index in [2.05, 4.69) is 24.0 Å². The molecule has 0 unspecified atom stereocenters. The number of ketones is 1. The number of nitrogens with zero attached hydrogens (tertiary/aromatic N) is 1. The van der Waals surface area contributed by atoms with Gasteiger partial charge in [-0.05, 0) is 44.8 Å². The maximum absolute atomic E-state index is 11.3. The van der Waals surface area contributed by atoms with Crippen molar-refractivity contribution >= 4 is 16.7 Å². The van der Waals surface area contributed by atoms with Crippen LogP contribution in [0.25, 0.3) is 10.9 Å². The Kier molecular flexibility index (Phi) is 10.8. The van der Waals surface area contributed by atoms with Crippen molar-refractivity contribution in [2.75, 3.05) is 27.2 Å². The van der Waals surface area contributed by atoms with Crippen LogP contribution in [0.4, 0.5) is 0 Å². The van der Waals surface area contributed by atoms with Crippen LogP contribution in [0.5, 0.6) is 5.75 Å². The van der Waals surface area contributed by atoms with Crippen LogP contribution in [0.1, 0.15) is 51.5 Å². The number of hydrogen-bond acceptors (Lipinski definition) is 3. The van der Waals surface area contributed by atoms with E-state index in [9.17, 15) is 4.79 Å². The molecule has 0 amide bonds. The third-order valence-corrected chi connectivity index (χ3v) is 2.99. The fourth-order valence-electron chi connectivity index (χ4n) is 1.96. The second-order valence-corrected chi connectivity index (χ2v) is 4.99. The van der Waals surface area contributed by atoms with Crippen LogP contribution in [0, 0.1) is 0 Å². The highest BCUT2D eigenvalue weighted by Gasteiger charge is 2.05. The van der Waals surface area contributed by atoms with Crippen molar-refractivity contribution < 1.29 is 9.53 Å². The minimum absolute atomic E-state index is 0.0460. The fourth-order valence-corrected chi connectivity index (χ4v) is 1.96. The first-order valence-electron chi connectivity index (χ1n) is 8.47. The van der Waals surface area contributed by atoms with Gasteiger partial charge in [-0.3, -0.25) is 4.79 Å². The molecule has 23 heavy (non-hydrogen) atoms. The van der Waals surface area contributed by atoms with Gasteiger partial charge in [0.05, 0.1) is 12.3 Å². The molecule has 1 heterocycles. The molecule has 2 aromatic rings. The van der Waals surface area contributed by atoms with Gasteiger partial charge in [0.2, 0.25) is 0 Å². The highest BCUT2D eigenvalue weighted by Crippen LogP contribution is 2.22.